The van der Waals surface area contributed by atoms with E-state index >= 15 is 0 Å². The maximum absolute atomic E-state index is 13.2. The number of nitrogens with one attached hydrogen (secondary N) is 1. The Hall–Kier alpha value is -1.79. The Morgan fingerprint density at radius 1 is 1.06 bits per heavy atom. The average molecular weight is 506 g/mol. The SMILES string of the molecule is Cc1cc(C)cc(CSCC(=O)N(Cc2cccc(Br)c2)C(C)C(=O)NC(C)(C)C)c1. The van der Waals surface area contributed by atoms with E-state index in [0.29, 0.717) is 12.3 Å². The fourth-order valence-electron chi connectivity index (χ4n) is 3.38. The molecule has 168 valence electrons. The van der Waals surface area contributed by atoms with Crippen LogP contribution in [0.15, 0.2) is 46.9 Å². The van der Waals surface area contributed by atoms with Crippen molar-refractivity contribution in [3.05, 3.63) is 69.2 Å². The van der Waals surface area contributed by atoms with Crippen molar-refractivity contribution < 1.29 is 9.59 Å². The van der Waals surface area contributed by atoms with E-state index in [-0.39, 0.29) is 17.4 Å². The van der Waals surface area contributed by atoms with Gasteiger partial charge < -0.3 is 10.2 Å². The van der Waals surface area contributed by atoms with Crippen LogP contribution in [-0.2, 0) is 21.9 Å². The van der Waals surface area contributed by atoms with E-state index in [1.165, 1.54) is 16.7 Å². The number of hydrogen-bond donors (Lipinski definition) is 1. The first-order valence-electron chi connectivity index (χ1n) is 10.5. The van der Waals surface area contributed by atoms with E-state index in [1.54, 1.807) is 23.6 Å². The zero-order chi connectivity index (χ0) is 23.2. The van der Waals surface area contributed by atoms with E-state index in [2.05, 4.69) is 53.3 Å². The summed E-state index contributed by atoms with van der Waals surface area (Å²) in [7, 11) is 0. The summed E-state index contributed by atoms with van der Waals surface area (Å²) in [6.45, 7) is 12.2. The van der Waals surface area contributed by atoms with Crippen molar-refractivity contribution in [3.63, 3.8) is 0 Å². The Kier molecular flexibility index (Phi) is 9.19. The summed E-state index contributed by atoms with van der Waals surface area (Å²) in [5.41, 5.74) is 4.30. The summed E-state index contributed by atoms with van der Waals surface area (Å²) in [5.74, 6) is 0.913. The van der Waals surface area contributed by atoms with Crippen LogP contribution in [0.5, 0.6) is 0 Å². The van der Waals surface area contributed by atoms with E-state index in [1.807, 2.05) is 45.0 Å². The first-order chi connectivity index (χ1) is 14.4. The third-order valence-electron chi connectivity index (χ3n) is 4.68. The number of thioether (sulfide) groups is 1. The van der Waals surface area contributed by atoms with Gasteiger partial charge >= 0.3 is 0 Å². The topological polar surface area (TPSA) is 49.4 Å². The highest BCUT2D eigenvalue weighted by Gasteiger charge is 2.28. The van der Waals surface area contributed by atoms with Gasteiger partial charge in [0.05, 0.1) is 5.75 Å². The third kappa shape index (κ3) is 8.69. The van der Waals surface area contributed by atoms with Gasteiger partial charge in [0.15, 0.2) is 0 Å². The second-order valence-electron chi connectivity index (χ2n) is 9.06. The maximum Gasteiger partial charge on any atom is 0.242 e. The van der Waals surface area contributed by atoms with Crippen LogP contribution in [0.3, 0.4) is 0 Å². The molecule has 0 spiro atoms. The molecule has 1 unspecified atom stereocenters. The van der Waals surface area contributed by atoms with Crippen LogP contribution in [0, 0.1) is 13.8 Å². The number of carbonyl (C=O) groups is 2. The van der Waals surface area contributed by atoms with Gasteiger partial charge in [-0.1, -0.05) is 57.4 Å². The van der Waals surface area contributed by atoms with Crippen LogP contribution < -0.4 is 5.32 Å². The Labute approximate surface area is 199 Å². The number of benzene rings is 2. The van der Waals surface area contributed by atoms with Crippen molar-refractivity contribution in [1.82, 2.24) is 10.2 Å². The molecule has 2 rings (SSSR count). The lowest BCUT2D eigenvalue weighted by atomic mass is 10.1. The van der Waals surface area contributed by atoms with Gasteiger partial charge in [-0.25, -0.2) is 0 Å². The molecule has 0 heterocycles. The molecule has 31 heavy (non-hydrogen) atoms. The minimum Gasteiger partial charge on any atom is -0.350 e. The number of nitrogens with zero attached hydrogens (tertiary/aromatic N) is 1. The lowest BCUT2D eigenvalue weighted by molar-refractivity contribution is -0.139. The smallest absolute Gasteiger partial charge is 0.242 e. The molecule has 0 fully saturated rings. The Bertz CT molecular complexity index is 904. The van der Waals surface area contributed by atoms with Crippen molar-refractivity contribution in [2.75, 3.05) is 5.75 Å². The molecule has 0 aliphatic carbocycles. The van der Waals surface area contributed by atoms with Gasteiger partial charge in [0, 0.05) is 22.3 Å². The van der Waals surface area contributed by atoms with Crippen LogP contribution in [0.4, 0.5) is 0 Å². The van der Waals surface area contributed by atoms with Crippen LogP contribution in [0.2, 0.25) is 0 Å². The van der Waals surface area contributed by atoms with Crippen LogP contribution in [0.25, 0.3) is 0 Å². The van der Waals surface area contributed by atoms with Gasteiger partial charge in [-0.3, -0.25) is 9.59 Å². The van der Waals surface area contributed by atoms with E-state index in [4.69, 9.17) is 0 Å². The second-order valence-corrected chi connectivity index (χ2v) is 11.0. The molecule has 0 aliphatic heterocycles. The predicted octanol–water partition coefficient (Wildman–Crippen LogP) is 5.63. The molecule has 2 amide bonds. The molecular weight excluding hydrogens is 472 g/mol. The number of carbonyl (C=O) groups excluding carboxylic acids is 2. The largest absolute Gasteiger partial charge is 0.350 e. The molecule has 0 radical (unpaired) electrons. The Balaban J connectivity index is 2.11. The lowest BCUT2D eigenvalue weighted by Gasteiger charge is -2.31. The van der Waals surface area contributed by atoms with Crippen molar-refractivity contribution in [2.45, 2.75) is 65.4 Å². The van der Waals surface area contributed by atoms with Gasteiger partial charge in [-0.15, -0.1) is 11.8 Å². The van der Waals surface area contributed by atoms with Crippen molar-refractivity contribution >= 4 is 39.5 Å². The highest BCUT2D eigenvalue weighted by molar-refractivity contribution is 9.10. The molecule has 2 aromatic rings. The van der Waals surface area contributed by atoms with Crippen LogP contribution >= 0.6 is 27.7 Å². The fourth-order valence-corrected chi connectivity index (χ4v) is 4.67. The molecular formula is C25H33BrN2O2S. The fraction of sp³-hybridized carbons (Fsp3) is 0.440. The minimum atomic E-state index is -0.562. The Morgan fingerprint density at radius 3 is 2.29 bits per heavy atom. The average Bonchev–Trinajstić information content (AvgIpc) is 2.63. The molecule has 0 aromatic heterocycles. The predicted molar refractivity (Wildman–Crippen MR) is 134 cm³/mol. The summed E-state index contributed by atoms with van der Waals surface area (Å²) < 4.78 is 0.952. The number of halogens is 1. The number of rotatable bonds is 8. The quantitative estimate of drug-likeness (QED) is 0.506. The summed E-state index contributed by atoms with van der Waals surface area (Å²) in [5, 5.41) is 3.00. The summed E-state index contributed by atoms with van der Waals surface area (Å²) >= 11 is 5.07. The monoisotopic (exact) mass is 504 g/mol. The molecule has 0 bridgehead atoms. The molecule has 1 atom stereocenters. The first-order valence-corrected chi connectivity index (χ1v) is 12.4. The van der Waals surface area contributed by atoms with E-state index in [0.717, 1.165) is 15.8 Å². The van der Waals surface area contributed by atoms with Crippen molar-refractivity contribution in [1.29, 1.82) is 0 Å². The molecule has 4 nitrogen and oxygen atoms in total. The normalized spacial score (nSPS) is 12.4. The zero-order valence-electron chi connectivity index (χ0n) is 19.3. The number of amides is 2. The second kappa shape index (κ2) is 11.2. The molecule has 0 aliphatic rings. The standard InChI is InChI=1S/C25H33BrN2O2S/c1-17-10-18(2)12-21(11-17)15-31-16-23(29)28(14-20-8-7-9-22(26)13-20)19(3)24(30)27-25(4,5)6/h7-13,19H,14-16H2,1-6H3,(H,27,30). The minimum absolute atomic E-state index is 0.0362. The summed E-state index contributed by atoms with van der Waals surface area (Å²) in [6, 6.07) is 13.7. The van der Waals surface area contributed by atoms with E-state index in [9.17, 15) is 9.59 Å². The van der Waals surface area contributed by atoms with Crippen molar-refractivity contribution in [2.24, 2.45) is 0 Å². The first kappa shape index (κ1) is 25.5. The number of aryl methyl sites for hydroxylation is 2. The number of hydrogen-bond acceptors (Lipinski definition) is 3. The van der Waals surface area contributed by atoms with Crippen molar-refractivity contribution in [3.8, 4) is 0 Å². The highest BCUT2D eigenvalue weighted by Crippen LogP contribution is 2.19. The third-order valence-corrected chi connectivity index (χ3v) is 6.16. The molecule has 2 aromatic carbocycles. The Morgan fingerprint density at radius 2 is 1.71 bits per heavy atom. The summed E-state index contributed by atoms with van der Waals surface area (Å²) in [6.07, 6.45) is 0. The van der Waals surface area contributed by atoms with Crippen LogP contribution in [-0.4, -0.2) is 34.0 Å². The van der Waals surface area contributed by atoms with Gasteiger partial charge in [0.1, 0.15) is 6.04 Å². The van der Waals surface area contributed by atoms with Gasteiger partial charge in [-0.2, -0.15) is 0 Å². The van der Waals surface area contributed by atoms with Crippen LogP contribution in [0.1, 0.15) is 49.9 Å². The van der Waals surface area contributed by atoms with Gasteiger partial charge in [-0.05, 0) is 64.8 Å². The molecule has 6 heteroatoms. The molecule has 1 N–H and O–H groups in total. The van der Waals surface area contributed by atoms with Gasteiger partial charge in [0.2, 0.25) is 11.8 Å². The maximum atomic E-state index is 13.2. The zero-order valence-corrected chi connectivity index (χ0v) is 21.7. The molecule has 0 saturated heterocycles. The van der Waals surface area contributed by atoms with E-state index < -0.39 is 6.04 Å². The summed E-state index contributed by atoms with van der Waals surface area (Å²) in [4.78, 5) is 27.7. The van der Waals surface area contributed by atoms with Gasteiger partial charge in [0.25, 0.3) is 0 Å². The molecule has 0 saturated carbocycles. The highest BCUT2D eigenvalue weighted by atomic mass is 79.9. The lowest BCUT2D eigenvalue weighted by Crippen LogP contribution is -2.52.